The second-order valence-corrected chi connectivity index (χ2v) is 4.59. The van der Waals surface area contributed by atoms with Crippen LogP contribution < -0.4 is 5.32 Å². The van der Waals surface area contributed by atoms with Crippen molar-refractivity contribution in [3.05, 3.63) is 51.0 Å². The lowest BCUT2D eigenvalue weighted by Gasteiger charge is -2.06. The fourth-order valence-electron chi connectivity index (χ4n) is 1.56. The van der Waals surface area contributed by atoms with Crippen LogP contribution in [0.15, 0.2) is 35.2 Å². The lowest BCUT2D eigenvalue weighted by atomic mass is 10.2. The molecule has 6 nitrogen and oxygen atoms in total. The molecule has 0 amide bonds. The van der Waals surface area contributed by atoms with Gasteiger partial charge in [0.05, 0.1) is 11.3 Å². The van der Waals surface area contributed by atoms with Gasteiger partial charge in [0.15, 0.2) is 0 Å². The van der Waals surface area contributed by atoms with Crippen LogP contribution in [0, 0.1) is 10.1 Å². The van der Waals surface area contributed by atoms with Crippen LogP contribution >= 0.6 is 15.9 Å². The van der Waals surface area contributed by atoms with E-state index in [-0.39, 0.29) is 5.69 Å². The number of nitrogens with zero attached hydrogens (tertiary/aromatic N) is 2. The predicted molar refractivity (Wildman–Crippen MR) is 71.6 cm³/mol. The van der Waals surface area contributed by atoms with E-state index in [1.807, 2.05) is 0 Å². The van der Waals surface area contributed by atoms with Crippen LogP contribution in [0.2, 0.25) is 0 Å². The number of rotatable bonds is 5. The summed E-state index contributed by atoms with van der Waals surface area (Å²) in [7, 11) is 0. The van der Waals surface area contributed by atoms with Gasteiger partial charge in [-0.15, -0.1) is 0 Å². The third kappa shape index (κ3) is 3.07. The summed E-state index contributed by atoms with van der Waals surface area (Å²) in [6.45, 7) is 0.602. The zero-order valence-corrected chi connectivity index (χ0v) is 11.0. The molecule has 0 unspecified atom stereocenters. The minimum atomic E-state index is -0.400. The average Bonchev–Trinajstić information content (AvgIpc) is 2.84. The molecule has 7 heteroatoms. The number of nitro benzene ring substituents is 1. The largest absolute Gasteiger partial charge is 0.379 e. The molecule has 0 saturated carbocycles. The molecule has 0 aliphatic rings. The fourth-order valence-corrected chi connectivity index (χ4v) is 1.91. The van der Waals surface area contributed by atoms with Crippen molar-refractivity contribution in [2.45, 2.75) is 6.42 Å². The van der Waals surface area contributed by atoms with Gasteiger partial charge in [-0.25, -0.2) is 4.98 Å². The summed E-state index contributed by atoms with van der Waals surface area (Å²) in [5.41, 5.74) is 1.57. The Morgan fingerprint density at radius 2 is 2.33 bits per heavy atom. The van der Waals surface area contributed by atoms with Crippen molar-refractivity contribution >= 4 is 27.3 Å². The van der Waals surface area contributed by atoms with Crippen LogP contribution in [-0.2, 0) is 6.42 Å². The van der Waals surface area contributed by atoms with E-state index in [9.17, 15) is 10.1 Å². The van der Waals surface area contributed by atoms with Gasteiger partial charge in [0, 0.05) is 35.4 Å². The van der Waals surface area contributed by atoms with Crippen LogP contribution in [0.3, 0.4) is 0 Å². The highest BCUT2D eigenvalue weighted by Gasteiger charge is 2.13. The molecule has 1 aromatic heterocycles. The number of nitro groups is 1. The number of aromatic amines is 1. The van der Waals surface area contributed by atoms with Gasteiger partial charge in [-0.05, 0) is 12.1 Å². The van der Waals surface area contributed by atoms with Crippen molar-refractivity contribution in [2.75, 3.05) is 11.9 Å². The third-order valence-electron chi connectivity index (χ3n) is 2.42. The Balaban J connectivity index is 2.02. The Morgan fingerprint density at radius 1 is 1.50 bits per heavy atom. The van der Waals surface area contributed by atoms with Crippen molar-refractivity contribution in [3.8, 4) is 0 Å². The number of imidazole rings is 1. The zero-order valence-electron chi connectivity index (χ0n) is 9.39. The summed E-state index contributed by atoms with van der Waals surface area (Å²) in [6, 6.07) is 4.94. The maximum absolute atomic E-state index is 10.9. The smallest absolute Gasteiger partial charge is 0.293 e. The number of hydrogen-bond donors (Lipinski definition) is 2. The molecular formula is C11H11BrN4O2. The van der Waals surface area contributed by atoms with Crippen molar-refractivity contribution in [2.24, 2.45) is 0 Å². The fraction of sp³-hybridized carbons (Fsp3) is 0.182. The maximum Gasteiger partial charge on any atom is 0.293 e. The predicted octanol–water partition coefficient (Wildman–Crippen LogP) is 2.74. The van der Waals surface area contributed by atoms with E-state index >= 15 is 0 Å². The van der Waals surface area contributed by atoms with Crippen LogP contribution in [0.5, 0.6) is 0 Å². The van der Waals surface area contributed by atoms with Gasteiger partial charge in [0.25, 0.3) is 5.69 Å². The molecular weight excluding hydrogens is 300 g/mol. The summed E-state index contributed by atoms with van der Waals surface area (Å²) in [5, 5.41) is 13.9. The van der Waals surface area contributed by atoms with E-state index < -0.39 is 4.92 Å². The van der Waals surface area contributed by atoms with E-state index in [0.717, 1.165) is 12.1 Å². The molecule has 0 aliphatic heterocycles. The van der Waals surface area contributed by atoms with Gasteiger partial charge >= 0.3 is 0 Å². The summed E-state index contributed by atoms with van der Waals surface area (Å²) >= 11 is 3.22. The molecule has 0 saturated heterocycles. The molecule has 2 rings (SSSR count). The third-order valence-corrected chi connectivity index (χ3v) is 2.91. The minimum Gasteiger partial charge on any atom is -0.379 e. The lowest BCUT2D eigenvalue weighted by molar-refractivity contribution is -0.384. The minimum absolute atomic E-state index is 0.0639. The van der Waals surface area contributed by atoms with E-state index in [0.29, 0.717) is 16.7 Å². The van der Waals surface area contributed by atoms with Crippen molar-refractivity contribution in [1.82, 2.24) is 9.97 Å². The number of anilines is 1. The molecule has 0 aliphatic carbocycles. The standard InChI is InChI=1S/C11H11BrN4O2/c12-8-1-2-10(11(5-8)16(17)18)14-4-3-9-6-13-7-15-9/h1-2,5-7,14H,3-4H2,(H,13,15). The normalized spacial score (nSPS) is 10.3. The molecule has 0 fully saturated rings. The Morgan fingerprint density at radius 3 is 3.00 bits per heavy atom. The van der Waals surface area contributed by atoms with E-state index in [1.165, 1.54) is 6.07 Å². The van der Waals surface area contributed by atoms with Gasteiger partial charge in [-0.2, -0.15) is 0 Å². The average molecular weight is 311 g/mol. The first kappa shape index (κ1) is 12.6. The summed E-state index contributed by atoms with van der Waals surface area (Å²) in [5.74, 6) is 0. The number of aromatic nitrogens is 2. The van der Waals surface area contributed by atoms with Crippen LogP contribution in [0.4, 0.5) is 11.4 Å². The number of nitrogens with one attached hydrogen (secondary N) is 2. The Hall–Kier alpha value is -1.89. The van der Waals surface area contributed by atoms with Gasteiger partial charge in [-0.3, -0.25) is 10.1 Å². The summed E-state index contributed by atoms with van der Waals surface area (Å²) < 4.78 is 0.688. The molecule has 2 aromatic rings. The monoisotopic (exact) mass is 310 g/mol. The molecule has 1 heterocycles. The molecule has 2 N–H and O–H groups in total. The summed E-state index contributed by atoms with van der Waals surface area (Å²) in [4.78, 5) is 17.4. The highest BCUT2D eigenvalue weighted by molar-refractivity contribution is 9.10. The van der Waals surface area contributed by atoms with Crippen molar-refractivity contribution in [3.63, 3.8) is 0 Å². The van der Waals surface area contributed by atoms with Crippen molar-refractivity contribution < 1.29 is 4.92 Å². The quantitative estimate of drug-likeness (QED) is 0.657. The van der Waals surface area contributed by atoms with Gasteiger partial charge in [0.2, 0.25) is 0 Å². The lowest BCUT2D eigenvalue weighted by Crippen LogP contribution is -2.07. The highest BCUT2D eigenvalue weighted by atomic mass is 79.9. The van der Waals surface area contributed by atoms with Crippen LogP contribution in [0.25, 0.3) is 0 Å². The second kappa shape index (κ2) is 5.63. The molecule has 1 aromatic carbocycles. The van der Waals surface area contributed by atoms with E-state index in [2.05, 4.69) is 31.2 Å². The second-order valence-electron chi connectivity index (χ2n) is 3.67. The van der Waals surface area contributed by atoms with Gasteiger partial charge < -0.3 is 10.3 Å². The SMILES string of the molecule is O=[N+]([O-])c1cc(Br)ccc1NCCc1cnc[nH]1. The Bertz CT molecular complexity index is 542. The first-order chi connectivity index (χ1) is 8.66. The van der Waals surface area contributed by atoms with Gasteiger partial charge in [-0.1, -0.05) is 15.9 Å². The molecule has 0 atom stereocenters. The van der Waals surface area contributed by atoms with E-state index in [4.69, 9.17) is 0 Å². The van der Waals surface area contributed by atoms with Gasteiger partial charge in [0.1, 0.15) is 5.69 Å². The summed E-state index contributed by atoms with van der Waals surface area (Å²) in [6.07, 6.45) is 4.07. The molecule has 0 radical (unpaired) electrons. The molecule has 94 valence electrons. The number of hydrogen-bond acceptors (Lipinski definition) is 4. The van der Waals surface area contributed by atoms with Crippen molar-refractivity contribution in [1.29, 1.82) is 0 Å². The molecule has 18 heavy (non-hydrogen) atoms. The number of benzene rings is 1. The topological polar surface area (TPSA) is 83.8 Å². The Labute approximate surface area is 112 Å². The highest BCUT2D eigenvalue weighted by Crippen LogP contribution is 2.27. The molecule has 0 spiro atoms. The number of halogens is 1. The zero-order chi connectivity index (χ0) is 13.0. The maximum atomic E-state index is 10.9. The van der Waals surface area contributed by atoms with Crippen LogP contribution in [-0.4, -0.2) is 21.4 Å². The first-order valence-electron chi connectivity index (χ1n) is 5.32. The number of H-pyrrole nitrogens is 1. The van der Waals surface area contributed by atoms with Crippen LogP contribution in [0.1, 0.15) is 5.69 Å². The Kier molecular flexibility index (Phi) is 3.93. The molecule has 0 bridgehead atoms. The first-order valence-corrected chi connectivity index (χ1v) is 6.11. The van der Waals surface area contributed by atoms with E-state index in [1.54, 1.807) is 24.7 Å².